The van der Waals surface area contributed by atoms with Crippen molar-refractivity contribution in [2.24, 2.45) is 0 Å². The molecule has 0 bridgehead atoms. The molecule has 9 aromatic rings. The molecule has 7 aromatic carbocycles. The Morgan fingerprint density at radius 1 is 0.521 bits per heavy atom. The van der Waals surface area contributed by atoms with Gasteiger partial charge in [0.1, 0.15) is 5.65 Å². The lowest BCUT2D eigenvalue weighted by atomic mass is 9.82. The fourth-order valence-electron chi connectivity index (χ4n) is 8.78. The summed E-state index contributed by atoms with van der Waals surface area (Å²) in [4.78, 5) is 2.58. The predicted octanol–water partition coefficient (Wildman–Crippen LogP) is 12.3. The Labute approximate surface area is 282 Å². The number of rotatable bonds is 2. The van der Waals surface area contributed by atoms with E-state index in [0.717, 1.165) is 0 Å². The topological polar surface area (TPSA) is 9.86 Å². The molecule has 11 rings (SSSR count). The smallest absolute Gasteiger partial charge is 0.131 e. The lowest BCUT2D eigenvalue weighted by Crippen LogP contribution is -2.15. The third-order valence-electron chi connectivity index (χ3n) is 10.9. The molecular formula is C45H30N2S. The van der Waals surface area contributed by atoms with Gasteiger partial charge in [0.2, 0.25) is 0 Å². The van der Waals surface area contributed by atoms with Crippen LogP contribution in [0.25, 0.3) is 77.2 Å². The van der Waals surface area contributed by atoms with E-state index in [2.05, 4.69) is 169 Å². The van der Waals surface area contributed by atoms with E-state index < -0.39 is 0 Å². The molecule has 0 N–H and O–H groups in total. The van der Waals surface area contributed by atoms with Crippen molar-refractivity contribution in [3.63, 3.8) is 0 Å². The van der Waals surface area contributed by atoms with Gasteiger partial charge in [0, 0.05) is 36.9 Å². The van der Waals surface area contributed by atoms with Crippen molar-refractivity contribution in [1.29, 1.82) is 0 Å². The zero-order valence-corrected chi connectivity index (χ0v) is 27.5. The quantitative estimate of drug-likeness (QED) is 0.185. The highest BCUT2D eigenvalue weighted by molar-refractivity contribution is 7.99. The zero-order valence-electron chi connectivity index (χ0n) is 26.7. The van der Waals surface area contributed by atoms with Crippen LogP contribution in [0.3, 0.4) is 0 Å². The fourth-order valence-corrected chi connectivity index (χ4v) is 9.87. The minimum atomic E-state index is -0.0885. The van der Waals surface area contributed by atoms with Gasteiger partial charge >= 0.3 is 0 Å². The van der Waals surface area contributed by atoms with Crippen molar-refractivity contribution < 1.29 is 0 Å². The van der Waals surface area contributed by atoms with E-state index in [4.69, 9.17) is 0 Å². The van der Waals surface area contributed by atoms with Crippen LogP contribution in [-0.2, 0) is 5.41 Å². The molecule has 3 heterocycles. The van der Waals surface area contributed by atoms with Gasteiger partial charge in [-0.1, -0.05) is 135 Å². The van der Waals surface area contributed by atoms with Gasteiger partial charge in [-0.15, -0.1) is 0 Å². The first kappa shape index (κ1) is 26.5. The zero-order chi connectivity index (χ0) is 31.7. The van der Waals surface area contributed by atoms with Crippen molar-refractivity contribution in [3.05, 3.63) is 157 Å². The van der Waals surface area contributed by atoms with Crippen molar-refractivity contribution in [2.45, 2.75) is 29.1 Å². The summed E-state index contributed by atoms with van der Waals surface area (Å²) in [6, 6.07) is 54.2. The lowest BCUT2D eigenvalue weighted by molar-refractivity contribution is 0.660. The molecule has 2 aromatic heterocycles. The number of hydrogen-bond acceptors (Lipinski definition) is 1. The van der Waals surface area contributed by atoms with E-state index in [9.17, 15) is 0 Å². The molecule has 0 fully saturated rings. The van der Waals surface area contributed by atoms with E-state index in [-0.39, 0.29) is 5.41 Å². The van der Waals surface area contributed by atoms with Crippen LogP contribution in [-0.4, -0.2) is 9.13 Å². The number of benzene rings is 7. The third kappa shape index (κ3) is 3.29. The second-order valence-electron chi connectivity index (χ2n) is 13.7. The molecule has 1 aliphatic carbocycles. The van der Waals surface area contributed by atoms with Crippen LogP contribution in [0.15, 0.2) is 155 Å². The van der Waals surface area contributed by atoms with E-state index in [1.165, 1.54) is 98.2 Å². The van der Waals surface area contributed by atoms with Gasteiger partial charge in [0.05, 0.1) is 22.4 Å². The second kappa shape index (κ2) is 9.31. The maximum absolute atomic E-state index is 2.59. The predicted molar refractivity (Wildman–Crippen MR) is 202 cm³/mol. The number of fused-ring (bicyclic) bond motifs is 11. The Balaban J connectivity index is 1.37. The van der Waals surface area contributed by atoms with Crippen LogP contribution in [0.2, 0.25) is 0 Å². The van der Waals surface area contributed by atoms with Gasteiger partial charge < -0.3 is 0 Å². The highest BCUT2D eigenvalue weighted by Crippen LogP contribution is 2.54. The molecule has 3 heteroatoms. The summed E-state index contributed by atoms with van der Waals surface area (Å²) in [6.45, 7) is 4.75. The maximum Gasteiger partial charge on any atom is 0.131 e. The van der Waals surface area contributed by atoms with Crippen LogP contribution < -0.4 is 0 Å². The van der Waals surface area contributed by atoms with Crippen LogP contribution >= 0.6 is 11.8 Å². The summed E-state index contributed by atoms with van der Waals surface area (Å²) < 4.78 is 5.14. The fraction of sp³-hybridized carbons (Fsp3) is 0.0667. The molecule has 48 heavy (non-hydrogen) atoms. The van der Waals surface area contributed by atoms with Crippen LogP contribution in [0.5, 0.6) is 0 Å². The maximum atomic E-state index is 2.59. The molecular weight excluding hydrogens is 601 g/mol. The van der Waals surface area contributed by atoms with E-state index in [1.807, 2.05) is 11.8 Å². The molecule has 2 aliphatic rings. The molecule has 0 unspecified atom stereocenters. The van der Waals surface area contributed by atoms with Crippen molar-refractivity contribution >= 4 is 55.4 Å². The van der Waals surface area contributed by atoms with Gasteiger partial charge in [-0.05, 0) is 75.0 Å². The number of para-hydroxylation sites is 2. The molecule has 0 spiro atoms. The van der Waals surface area contributed by atoms with Crippen molar-refractivity contribution in [2.75, 3.05) is 0 Å². The highest BCUT2D eigenvalue weighted by atomic mass is 32.2. The average molecular weight is 631 g/mol. The normalized spacial score (nSPS) is 14.1. The molecule has 0 radical (unpaired) electrons. The SMILES string of the molecule is CC1(C)c2ccccc2-c2c(-n3c4cccc(-c5ccc6ccccc6c5)c4c4c5cccc6c5n(c43)-c3ccccc3S6)cccc21. The summed E-state index contributed by atoms with van der Waals surface area (Å²) in [7, 11) is 0. The largest absolute Gasteiger partial charge is 0.294 e. The first-order valence-electron chi connectivity index (χ1n) is 16.7. The molecule has 1 aliphatic heterocycles. The second-order valence-corrected chi connectivity index (χ2v) is 14.8. The van der Waals surface area contributed by atoms with Gasteiger partial charge in [-0.3, -0.25) is 9.13 Å². The Bertz CT molecular complexity index is 2850. The minimum absolute atomic E-state index is 0.0885. The Hall–Kier alpha value is -5.51. The number of hydrogen-bond donors (Lipinski definition) is 0. The Morgan fingerprint density at radius 2 is 1.23 bits per heavy atom. The van der Waals surface area contributed by atoms with E-state index in [0.29, 0.717) is 0 Å². The molecule has 0 atom stereocenters. The molecule has 226 valence electrons. The van der Waals surface area contributed by atoms with Crippen molar-refractivity contribution in [3.8, 4) is 33.6 Å². The van der Waals surface area contributed by atoms with Gasteiger partial charge in [0.15, 0.2) is 0 Å². The van der Waals surface area contributed by atoms with Gasteiger partial charge in [-0.2, -0.15) is 0 Å². The molecule has 2 nitrogen and oxygen atoms in total. The monoisotopic (exact) mass is 630 g/mol. The highest BCUT2D eigenvalue weighted by Gasteiger charge is 2.38. The van der Waals surface area contributed by atoms with Crippen LogP contribution in [0.1, 0.15) is 25.0 Å². The average Bonchev–Trinajstić information content (AvgIpc) is 3.73. The first-order valence-corrected chi connectivity index (χ1v) is 17.5. The summed E-state index contributed by atoms with van der Waals surface area (Å²) >= 11 is 1.88. The lowest BCUT2D eigenvalue weighted by Gasteiger charge is -2.23. The number of nitrogens with zero attached hydrogens (tertiary/aromatic N) is 2. The van der Waals surface area contributed by atoms with Gasteiger partial charge in [-0.25, -0.2) is 0 Å². The standard InChI is InChI=1S/C45H30N2S/c1-45(2)33-17-6-5-14-31(33)40-34(45)18-11-21-36(40)46-37-20-9-15-30(29-25-24-27-12-3-4-13-28(27)26-29)41(37)42-32-16-10-23-39-43(32)47(44(42)46)35-19-7-8-22-38(35)48-39/h3-26H,1-2H3. The Morgan fingerprint density at radius 3 is 2.17 bits per heavy atom. The van der Waals surface area contributed by atoms with Crippen LogP contribution in [0.4, 0.5) is 0 Å². The van der Waals surface area contributed by atoms with Crippen molar-refractivity contribution in [1.82, 2.24) is 9.13 Å². The summed E-state index contributed by atoms with van der Waals surface area (Å²) in [5, 5.41) is 6.44. The summed E-state index contributed by atoms with van der Waals surface area (Å²) in [5.41, 5.74) is 14.1. The number of aromatic nitrogens is 2. The summed E-state index contributed by atoms with van der Waals surface area (Å²) in [6.07, 6.45) is 0. The third-order valence-corrected chi connectivity index (χ3v) is 12.0. The van der Waals surface area contributed by atoms with Crippen LogP contribution in [0, 0.1) is 0 Å². The van der Waals surface area contributed by atoms with Gasteiger partial charge in [0.25, 0.3) is 0 Å². The molecule has 0 saturated heterocycles. The molecule has 0 saturated carbocycles. The Kier molecular flexibility index (Phi) is 5.15. The first-order chi connectivity index (χ1) is 23.6. The summed E-state index contributed by atoms with van der Waals surface area (Å²) in [5.74, 6) is 0. The minimum Gasteiger partial charge on any atom is -0.294 e. The van der Waals surface area contributed by atoms with E-state index in [1.54, 1.807) is 0 Å². The van der Waals surface area contributed by atoms with E-state index >= 15 is 0 Å². The molecule has 0 amide bonds.